The molecule has 0 aliphatic carbocycles. The van der Waals surface area contributed by atoms with E-state index in [1.54, 1.807) is 14.2 Å². The molecule has 1 aromatic heterocycles. The van der Waals surface area contributed by atoms with Crippen molar-refractivity contribution in [1.82, 2.24) is 14.5 Å². The highest BCUT2D eigenvalue weighted by Crippen LogP contribution is 2.41. The molecule has 0 saturated carbocycles. The number of nitrogens with two attached hydrogens (primary N) is 2. The maximum atomic E-state index is 12.9. The minimum Gasteiger partial charge on any atom is -0.493 e. The number of ether oxygens (including phenoxy) is 4. The lowest BCUT2D eigenvalue weighted by Gasteiger charge is -2.40. The van der Waals surface area contributed by atoms with E-state index in [9.17, 15) is 4.79 Å². The molecule has 6 rings (SSSR count). The van der Waals surface area contributed by atoms with E-state index in [0.717, 1.165) is 29.4 Å². The van der Waals surface area contributed by atoms with Crippen LogP contribution in [0.25, 0.3) is 11.0 Å². The smallest absolute Gasteiger partial charge is 0.326 e. The van der Waals surface area contributed by atoms with Crippen molar-refractivity contribution in [3.05, 3.63) is 76.7 Å². The summed E-state index contributed by atoms with van der Waals surface area (Å²) >= 11 is 0. The number of piperidine rings is 1. The number of fused-ring (bicyclic) bond motifs is 2. The summed E-state index contributed by atoms with van der Waals surface area (Å²) in [6, 6.07) is 18.5. The van der Waals surface area contributed by atoms with E-state index >= 15 is 0 Å². The maximum absolute atomic E-state index is 12.9. The third-order valence-electron chi connectivity index (χ3n) is 8.01. The number of benzene rings is 3. The van der Waals surface area contributed by atoms with Crippen molar-refractivity contribution in [3.63, 3.8) is 0 Å². The molecule has 0 radical (unpaired) electrons. The Balaban J connectivity index is 1.36. The van der Waals surface area contributed by atoms with Crippen LogP contribution in [0.4, 0.5) is 5.69 Å². The van der Waals surface area contributed by atoms with Gasteiger partial charge in [0.05, 0.1) is 30.9 Å². The molecule has 2 aliphatic heterocycles. The Labute approximate surface area is 243 Å². The number of para-hydroxylation sites is 3. The van der Waals surface area contributed by atoms with E-state index in [0.29, 0.717) is 60.8 Å². The zero-order valence-corrected chi connectivity index (χ0v) is 23.7. The number of hydrazine groups is 1. The molecule has 0 amide bonds. The van der Waals surface area contributed by atoms with Gasteiger partial charge in [0, 0.05) is 30.8 Å². The van der Waals surface area contributed by atoms with Crippen molar-refractivity contribution in [1.29, 1.82) is 0 Å². The van der Waals surface area contributed by atoms with Crippen LogP contribution in [-0.2, 0) is 0 Å². The summed E-state index contributed by atoms with van der Waals surface area (Å²) in [4.78, 5) is 18.2. The van der Waals surface area contributed by atoms with Crippen LogP contribution in [0.1, 0.15) is 30.5 Å². The summed E-state index contributed by atoms with van der Waals surface area (Å²) in [7, 11) is 3.21. The lowest BCUT2D eigenvalue weighted by Crippen LogP contribution is -2.49. The summed E-state index contributed by atoms with van der Waals surface area (Å²) < 4.78 is 24.8. The minimum atomic E-state index is -0.487. The lowest BCUT2D eigenvalue weighted by molar-refractivity contribution is 0.162. The highest BCUT2D eigenvalue weighted by molar-refractivity contribution is 6.01. The van der Waals surface area contributed by atoms with Gasteiger partial charge in [-0.25, -0.2) is 10.6 Å². The molecule has 12 heteroatoms. The molecule has 1 saturated heterocycles. The average molecular weight is 574 g/mol. The van der Waals surface area contributed by atoms with E-state index in [4.69, 9.17) is 30.6 Å². The number of imidazole rings is 1. The number of nitrogens with zero attached hydrogens (tertiary/aromatic N) is 4. The predicted octanol–water partition coefficient (Wildman–Crippen LogP) is 3.15. The molecule has 3 heterocycles. The number of amidine groups is 1. The van der Waals surface area contributed by atoms with Crippen LogP contribution in [0.15, 0.2) is 70.6 Å². The van der Waals surface area contributed by atoms with Crippen molar-refractivity contribution in [2.24, 2.45) is 16.8 Å². The molecule has 42 heavy (non-hydrogen) atoms. The Hall–Kier alpha value is -4.68. The molecule has 1 atom stereocenters. The summed E-state index contributed by atoms with van der Waals surface area (Å²) in [6.45, 7) is 2.24. The number of H-pyrrole nitrogens is 1. The SMILES string of the molecule is COc1cccc(C(/C(=N/N)N(N)c2ccc3c(c2)OCCO3)N2CCC(n3c(=O)[nH]c4ccccc43)CC2)c1OC. The molecule has 0 bridgehead atoms. The average Bonchev–Trinajstić information content (AvgIpc) is 3.38. The van der Waals surface area contributed by atoms with Crippen LogP contribution in [0.2, 0.25) is 0 Å². The number of nitrogens with one attached hydrogen (secondary N) is 1. The number of hydrazone groups is 1. The van der Waals surface area contributed by atoms with Crippen molar-refractivity contribution < 1.29 is 18.9 Å². The predicted molar refractivity (Wildman–Crippen MR) is 160 cm³/mol. The second kappa shape index (κ2) is 11.7. The first kappa shape index (κ1) is 27.5. The number of hydrogen-bond donors (Lipinski definition) is 3. The van der Waals surface area contributed by atoms with Crippen LogP contribution in [0, 0.1) is 0 Å². The number of likely N-dealkylation sites (tertiary alicyclic amines) is 1. The number of rotatable bonds is 7. The number of anilines is 1. The van der Waals surface area contributed by atoms with E-state index in [1.165, 1.54) is 5.01 Å². The highest BCUT2D eigenvalue weighted by atomic mass is 16.6. The number of aromatic amines is 1. The van der Waals surface area contributed by atoms with Crippen molar-refractivity contribution in [3.8, 4) is 23.0 Å². The quantitative estimate of drug-likeness (QED) is 0.131. The van der Waals surface area contributed by atoms with Gasteiger partial charge in [0.25, 0.3) is 0 Å². The number of hydrogen-bond acceptors (Lipinski definition) is 9. The van der Waals surface area contributed by atoms with Crippen molar-refractivity contribution >= 4 is 22.6 Å². The Kier molecular flexibility index (Phi) is 7.64. The van der Waals surface area contributed by atoms with Gasteiger partial charge in [0.15, 0.2) is 28.8 Å². The zero-order valence-electron chi connectivity index (χ0n) is 23.7. The summed E-state index contributed by atoms with van der Waals surface area (Å²) in [5, 5.41) is 5.70. The fraction of sp³-hybridized carbons (Fsp3) is 0.333. The van der Waals surface area contributed by atoms with Gasteiger partial charge >= 0.3 is 5.69 Å². The van der Waals surface area contributed by atoms with Gasteiger partial charge in [-0.3, -0.25) is 14.5 Å². The van der Waals surface area contributed by atoms with Crippen LogP contribution in [0.3, 0.4) is 0 Å². The summed E-state index contributed by atoms with van der Waals surface area (Å²) in [5.74, 6) is 15.7. The molecule has 2 aliphatic rings. The Bertz CT molecular complexity index is 1660. The standard InChI is InChI=1S/C30H35N7O5/c1-39-25-9-5-6-21(28(25)40-2)27(29(34-31)37(32)20-10-11-24-26(18-20)42-17-16-41-24)35-14-12-19(13-15-35)36-23-8-4-3-7-22(23)33-30(36)38/h3-11,18-19,27H,12-17,31-32H2,1-2H3,(H,33,38)/b34-29-. The zero-order chi connectivity index (χ0) is 29.2. The van der Waals surface area contributed by atoms with Crippen molar-refractivity contribution in [2.75, 3.05) is 45.5 Å². The van der Waals surface area contributed by atoms with Gasteiger partial charge in [-0.05, 0) is 43.2 Å². The molecule has 4 aromatic rings. The van der Waals surface area contributed by atoms with Crippen molar-refractivity contribution in [2.45, 2.75) is 24.9 Å². The molecular formula is C30H35N7O5. The van der Waals surface area contributed by atoms with E-state index in [1.807, 2.05) is 65.2 Å². The third kappa shape index (κ3) is 4.88. The minimum absolute atomic E-state index is 0.0304. The molecule has 5 N–H and O–H groups in total. The molecule has 3 aromatic carbocycles. The van der Waals surface area contributed by atoms with Gasteiger partial charge in [-0.2, -0.15) is 5.10 Å². The Morgan fingerprint density at radius 2 is 1.79 bits per heavy atom. The second-order valence-corrected chi connectivity index (χ2v) is 10.3. The third-order valence-corrected chi connectivity index (χ3v) is 8.01. The molecule has 12 nitrogen and oxygen atoms in total. The van der Waals surface area contributed by atoms with E-state index in [-0.39, 0.29) is 11.7 Å². The molecule has 0 spiro atoms. The number of methoxy groups -OCH3 is 2. The maximum Gasteiger partial charge on any atom is 0.326 e. The molecule has 1 fully saturated rings. The Morgan fingerprint density at radius 3 is 2.52 bits per heavy atom. The lowest BCUT2D eigenvalue weighted by atomic mass is 9.96. The van der Waals surface area contributed by atoms with Crippen LogP contribution < -0.4 is 41.3 Å². The first-order valence-corrected chi connectivity index (χ1v) is 13.9. The highest BCUT2D eigenvalue weighted by Gasteiger charge is 2.36. The second-order valence-electron chi connectivity index (χ2n) is 10.3. The van der Waals surface area contributed by atoms with Gasteiger partial charge in [-0.1, -0.05) is 24.3 Å². The van der Waals surface area contributed by atoms with Gasteiger partial charge in [-0.15, -0.1) is 0 Å². The first-order chi connectivity index (χ1) is 20.5. The van der Waals surface area contributed by atoms with Crippen LogP contribution in [0.5, 0.6) is 23.0 Å². The van der Waals surface area contributed by atoms with Gasteiger partial charge in [0.2, 0.25) is 0 Å². The monoisotopic (exact) mass is 573 g/mol. The summed E-state index contributed by atoms with van der Waals surface area (Å²) in [5.41, 5.74) is 3.08. The fourth-order valence-electron chi connectivity index (χ4n) is 6.04. The van der Waals surface area contributed by atoms with E-state index in [2.05, 4.69) is 15.0 Å². The topological polar surface area (TPSA) is 146 Å². The van der Waals surface area contributed by atoms with Gasteiger partial charge < -0.3 is 29.8 Å². The molecular weight excluding hydrogens is 538 g/mol. The van der Waals surface area contributed by atoms with Crippen LogP contribution >= 0.6 is 0 Å². The molecule has 1 unspecified atom stereocenters. The normalized spacial score (nSPS) is 16.8. The van der Waals surface area contributed by atoms with E-state index < -0.39 is 6.04 Å². The largest absolute Gasteiger partial charge is 0.493 e. The first-order valence-electron chi connectivity index (χ1n) is 13.9. The van der Waals surface area contributed by atoms with Gasteiger partial charge in [0.1, 0.15) is 19.3 Å². The summed E-state index contributed by atoms with van der Waals surface area (Å²) in [6.07, 6.45) is 1.47. The number of aromatic nitrogens is 2. The van der Waals surface area contributed by atoms with Crippen LogP contribution in [-0.4, -0.2) is 60.8 Å². The fourth-order valence-corrected chi connectivity index (χ4v) is 6.04. The molecule has 220 valence electrons. The Morgan fingerprint density at radius 1 is 1.02 bits per heavy atom.